The standard InChI is InChI=1S/C11H16O2/c1-2-13-11(12)7-10-6-8-3-4-9(10)5-8/h7-9H,2-6H2,1H3. The Morgan fingerprint density at radius 2 is 2.46 bits per heavy atom. The minimum Gasteiger partial charge on any atom is -0.463 e. The Bertz CT molecular complexity index is 242. The normalized spacial score (nSPS) is 34.1. The molecular formula is C11H16O2. The molecule has 0 aromatic heterocycles. The third-order valence-electron chi connectivity index (χ3n) is 3.18. The van der Waals surface area contributed by atoms with E-state index in [-0.39, 0.29) is 5.97 Å². The van der Waals surface area contributed by atoms with Crippen LogP contribution < -0.4 is 0 Å². The van der Waals surface area contributed by atoms with Gasteiger partial charge in [-0.25, -0.2) is 4.79 Å². The number of carbonyl (C=O) groups is 1. The molecule has 0 heterocycles. The maximum atomic E-state index is 11.2. The molecule has 2 fully saturated rings. The van der Waals surface area contributed by atoms with Crippen LogP contribution in [0.1, 0.15) is 32.6 Å². The van der Waals surface area contributed by atoms with E-state index in [1.54, 1.807) is 6.08 Å². The van der Waals surface area contributed by atoms with Gasteiger partial charge in [-0.15, -0.1) is 0 Å². The highest BCUT2D eigenvalue weighted by molar-refractivity contribution is 5.83. The molecule has 2 heteroatoms. The zero-order valence-electron chi connectivity index (χ0n) is 8.08. The highest BCUT2D eigenvalue weighted by atomic mass is 16.5. The van der Waals surface area contributed by atoms with Crippen LogP contribution in [0.3, 0.4) is 0 Å². The third-order valence-corrected chi connectivity index (χ3v) is 3.18. The number of esters is 1. The fraction of sp³-hybridized carbons (Fsp3) is 0.727. The number of allylic oxidation sites excluding steroid dienone is 1. The number of hydrogen-bond acceptors (Lipinski definition) is 2. The van der Waals surface area contributed by atoms with E-state index in [4.69, 9.17) is 4.74 Å². The van der Waals surface area contributed by atoms with Crippen molar-refractivity contribution in [2.24, 2.45) is 11.8 Å². The van der Waals surface area contributed by atoms with Crippen LogP contribution in [0, 0.1) is 11.8 Å². The molecule has 2 unspecified atom stereocenters. The first kappa shape index (κ1) is 8.79. The molecule has 13 heavy (non-hydrogen) atoms. The zero-order chi connectivity index (χ0) is 9.26. The van der Waals surface area contributed by atoms with Crippen LogP contribution in [-0.2, 0) is 9.53 Å². The van der Waals surface area contributed by atoms with Crippen molar-refractivity contribution in [3.8, 4) is 0 Å². The van der Waals surface area contributed by atoms with Crippen LogP contribution in [0.15, 0.2) is 11.6 Å². The maximum Gasteiger partial charge on any atom is 0.330 e. The minimum absolute atomic E-state index is 0.148. The van der Waals surface area contributed by atoms with Crippen LogP contribution in [0.5, 0.6) is 0 Å². The van der Waals surface area contributed by atoms with Crippen LogP contribution in [0.2, 0.25) is 0 Å². The molecule has 0 aromatic rings. The summed E-state index contributed by atoms with van der Waals surface area (Å²) < 4.78 is 4.90. The lowest BCUT2D eigenvalue weighted by molar-refractivity contribution is -0.137. The van der Waals surface area contributed by atoms with Gasteiger partial charge in [-0.2, -0.15) is 0 Å². The number of carbonyl (C=O) groups excluding carboxylic acids is 1. The smallest absolute Gasteiger partial charge is 0.330 e. The van der Waals surface area contributed by atoms with Gasteiger partial charge < -0.3 is 4.74 Å². The van der Waals surface area contributed by atoms with Gasteiger partial charge in [-0.3, -0.25) is 0 Å². The Morgan fingerprint density at radius 3 is 3.00 bits per heavy atom. The lowest BCUT2D eigenvalue weighted by Gasteiger charge is -2.12. The molecule has 0 N–H and O–H groups in total. The summed E-state index contributed by atoms with van der Waals surface area (Å²) in [6.07, 6.45) is 6.84. The van der Waals surface area contributed by atoms with Crippen molar-refractivity contribution in [2.75, 3.05) is 6.61 Å². The largest absolute Gasteiger partial charge is 0.463 e. The topological polar surface area (TPSA) is 26.3 Å². The quantitative estimate of drug-likeness (QED) is 0.481. The van der Waals surface area contributed by atoms with E-state index in [0.717, 1.165) is 12.3 Å². The Labute approximate surface area is 79.0 Å². The van der Waals surface area contributed by atoms with Crippen molar-refractivity contribution < 1.29 is 9.53 Å². The second-order valence-corrected chi connectivity index (χ2v) is 4.05. The summed E-state index contributed by atoms with van der Waals surface area (Å²) in [5, 5.41) is 0. The molecule has 0 aromatic carbocycles. The van der Waals surface area contributed by atoms with E-state index in [1.165, 1.54) is 24.8 Å². The average molecular weight is 180 g/mol. The predicted octanol–water partition coefficient (Wildman–Crippen LogP) is 2.30. The summed E-state index contributed by atoms with van der Waals surface area (Å²) in [5.74, 6) is 1.42. The lowest BCUT2D eigenvalue weighted by Crippen LogP contribution is -2.05. The number of rotatable bonds is 2. The third kappa shape index (κ3) is 1.77. The molecule has 2 rings (SSSR count). The number of hydrogen-bond donors (Lipinski definition) is 0. The summed E-state index contributed by atoms with van der Waals surface area (Å²) >= 11 is 0. The average Bonchev–Trinajstić information content (AvgIpc) is 2.65. The van der Waals surface area contributed by atoms with E-state index in [9.17, 15) is 4.79 Å². The van der Waals surface area contributed by atoms with E-state index in [2.05, 4.69) is 0 Å². The molecule has 2 aliphatic rings. The van der Waals surface area contributed by atoms with Crippen LogP contribution in [0.4, 0.5) is 0 Å². The van der Waals surface area contributed by atoms with E-state index in [0.29, 0.717) is 12.5 Å². The van der Waals surface area contributed by atoms with Gasteiger partial charge in [0.25, 0.3) is 0 Å². The van der Waals surface area contributed by atoms with Crippen molar-refractivity contribution in [3.05, 3.63) is 11.6 Å². The van der Waals surface area contributed by atoms with Crippen LogP contribution in [-0.4, -0.2) is 12.6 Å². The van der Waals surface area contributed by atoms with Gasteiger partial charge in [0.2, 0.25) is 0 Å². The van der Waals surface area contributed by atoms with Crippen molar-refractivity contribution in [2.45, 2.75) is 32.6 Å². The molecule has 0 aliphatic heterocycles. The molecule has 2 nitrogen and oxygen atoms in total. The first-order valence-corrected chi connectivity index (χ1v) is 5.16. The van der Waals surface area contributed by atoms with Crippen LogP contribution >= 0.6 is 0 Å². The molecule has 72 valence electrons. The Kier molecular flexibility index (Phi) is 2.38. The summed E-state index contributed by atoms with van der Waals surface area (Å²) in [6, 6.07) is 0. The highest BCUT2D eigenvalue weighted by Crippen LogP contribution is 2.47. The lowest BCUT2D eigenvalue weighted by atomic mass is 9.94. The number of ether oxygens (including phenoxy) is 1. The Hall–Kier alpha value is -0.790. The molecule has 0 spiro atoms. The van der Waals surface area contributed by atoms with Crippen molar-refractivity contribution in [1.29, 1.82) is 0 Å². The van der Waals surface area contributed by atoms with Gasteiger partial charge >= 0.3 is 5.97 Å². The number of fused-ring (bicyclic) bond motifs is 2. The van der Waals surface area contributed by atoms with Crippen molar-refractivity contribution in [3.63, 3.8) is 0 Å². The Morgan fingerprint density at radius 1 is 1.62 bits per heavy atom. The Balaban J connectivity index is 1.97. The first-order valence-electron chi connectivity index (χ1n) is 5.16. The SMILES string of the molecule is CCOC(=O)C=C1CC2CCC1C2. The van der Waals surface area contributed by atoms with Gasteiger partial charge in [0, 0.05) is 6.08 Å². The van der Waals surface area contributed by atoms with Crippen molar-refractivity contribution >= 4 is 5.97 Å². The second kappa shape index (κ2) is 3.52. The monoisotopic (exact) mass is 180 g/mol. The summed E-state index contributed by atoms with van der Waals surface area (Å²) in [6.45, 7) is 2.33. The molecule has 2 atom stereocenters. The molecule has 0 saturated heterocycles. The van der Waals surface area contributed by atoms with E-state index < -0.39 is 0 Å². The first-order chi connectivity index (χ1) is 6.29. The fourth-order valence-electron chi connectivity index (χ4n) is 2.61. The molecule has 2 aliphatic carbocycles. The molecule has 0 radical (unpaired) electrons. The molecule has 2 bridgehead atoms. The van der Waals surface area contributed by atoms with Gasteiger partial charge in [0.05, 0.1) is 6.61 Å². The van der Waals surface area contributed by atoms with Gasteiger partial charge in [-0.05, 0) is 44.4 Å². The van der Waals surface area contributed by atoms with Gasteiger partial charge in [0.1, 0.15) is 0 Å². The van der Waals surface area contributed by atoms with Crippen LogP contribution in [0.25, 0.3) is 0 Å². The summed E-state index contributed by atoms with van der Waals surface area (Å²) in [4.78, 5) is 11.2. The molecule has 2 saturated carbocycles. The van der Waals surface area contributed by atoms with E-state index >= 15 is 0 Å². The van der Waals surface area contributed by atoms with Crippen molar-refractivity contribution in [1.82, 2.24) is 0 Å². The molecule has 0 amide bonds. The highest BCUT2D eigenvalue weighted by Gasteiger charge is 2.35. The van der Waals surface area contributed by atoms with Gasteiger partial charge in [-0.1, -0.05) is 5.57 Å². The second-order valence-electron chi connectivity index (χ2n) is 4.05. The zero-order valence-corrected chi connectivity index (χ0v) is 8.08. The molecular weight excluding hydrogens is 164 g/mol. The summed E-state index contributed by atoms with van der Waals surface area (Å²) in [7, 11) is 0. The summed E-state index contributed by atoms with van der Waals surface area (Å²) in [5.41, 5.74) is 1.34. The van der Waals surface area contributed by atoms with Gasteiger partial charge in [0.15, 0.2) is 0 Å². The maximum absolute atomic E-state index is 11.2. The van der Waals surface area contributed by atoms with E-state index in [1.807, 2.05) is 6.92 Å². The predicted molar refractivity (Wildman–Crippen MR) is 50.2 cm³/mol. The minimum atomic E-state index is -0.148. The fourth-order valence-corrected chi connectivity index (χ4v) is 2.61.